The van der Waals surface area contributed by atoms with Crippen LogP contribution in [-0.4, -0.2) is 20.6 Å². The van der Waals surface area contributed by atoms with Crippen molar-refractivity contribution in [3.8, 4) is 0 Å². The Hall–Kier alpha value is -2.67. The highest BCUT2D eigenvalue weighted by atomic mass is 35.5. The lowest BCUT2D eigenvalue weighted by Crippen LogP contribution is -2.33. The molecule has 0 spiro atoms. The Morgan fingerprint density at radius 2 is 2.17 bits per heavy atom. The Labute approximate surface area is 142 Å². The van der Waals surface area contributed by atoms with Gasteiger partial charge in [-0.15, -0.1) is 0 Å². The Morgan fingerprint density at radius 3 is 2.88 bits per heavy atom. The standard InChI is InChI=1S/C16H15ClN4O3/c1-3-12(14(22)19-11-7-5-4-6-10(11)17)21-8-18-15-13(16(21)23)9(2)20-24-15/h4-8,12H,3H2,1-2H3,(H,19,22). The van der Waals surface area contributed by atoms with E-state index in [9.17, 15) is 9.59 Å². The molecule has 0 aliphatic carbocycles. The van der Waals surface area contributed by atoms with Crippen LogP contribution in [0, 0.1) is 6.92 Å². The molecule has 0 radical (unpaired) electrons. The summed E-state index contributed by atoms with van der Waals surface area (Å²) in [6, 6.07) is 6.19. The number of carbonyl (C=O) groups is 1. The second-order valence-corrected chi connectivity index (χ2v) is 5.71. The molecule has 8 heteroatoms. The van der Waals surface area contributed by atoms with Gasteiger partial charge in [0.25, 0.3) is 11.3 Å². The topological polar surface area (TPSA) is 90.0 Å². The number of amides is 1. The molecule has 0 aliphatic rings. The van der Waals surface area contributed by atoms with Crippen molar-refractivity contribution in [1.29, 1.82) is 0 Å². The van der Waals surface area contributed by atoms with E-state index in [2.05, 4.69) is 15.5 Å². The number of nitrogens with one attached hydrogen (secondary N) is 1. The third kappa shape index (κ3) is 2.78. The Morgan fingerprint density at radius 1 is 1.42 bits per heavy atom. The van der Waals surface area contributed by atoms with Crippen molar-refractivity contribution in [3.05, 3.63) is 51.7 Å². The van der Waals surface area contributed by atoms with Crippen LogP contribution < -0.4 is 10.9 Å². The lowest BCUT2D eigenvalue weighted by molar-refractivity contribution is -0.119. The number of anilines is 1. The van der Waals surface area contributed by atoms with Crippen LogP contribution in [0.1, 0.15) is 25.1 Å². The third-order valence-corrected chi connectivity index (χ3v) is 4.08. The van der Waals surface area contributed by atoms with E-state index >= 15 is 0 Å². The van der Waals surface area contributed by atoms with Gasteiger partial charge in [-0.1, -0.05) is 35.8 Å². The minimum absolute atomic E-state index is 0.162. The molecule has 1 aromatic carbocycles. The van der Waals surface area contributed by atoms with Gasteiger partial charge in [0, 0.05) is 0 Å². The highest BCUT2D eigenvalue weighted by Gasteiger charge is 2.23. The summed E-state index contributed by atoms with van der Waals surface area (Å²) in [7, 11) is 0. The van der Waals surface area contributed by atoms with Crippen molar-refractivity contribution < 1.29 is 9.32 Å². The summed E-state index contributed by atoms with van der Waals surface area (Å²) >= 11 is 6.06. The monoisotopic (exact) mass is 346 g/mol. The van der Waals surface area contributed by atoms with Gasteiger partial charge < -0.3 is 9.84 Å². The lowest BCUT2D eigenvalue weighted by Gasteiger charge is -2.17. The molecule has 2 aromatic heterocycles. The van der Waals surface area contributed by atoms with Crippen LogP contribution in [0.3, 0.4) is 0 Å². The van der Waals surface area contributed by atoms with E-state index in [1.54, 1.807) is 31.2 Å². The Kier molecular flexibility index (Phi) is 4.35. The third-order valence-electron chi connectivity index (χ3n) is 3.75. The molecule has 1 N–H and O–H groups in total. The molecule has 124 valence electrons. The normalized spacial score (nSPS) is 12.3. The molecule has 3 aromatic rings. The molecule has 0 bridgehead atoms. The lowest BCUT2D eigenvalue weighted by atomic mass is 10.2. The van der Waals surface area contributed by atoms with E-state index in [4.69, 9.17) is 16.1 Å². The molecule has 0 saturated heterocycles. The van der Waals surface area contributed by atoms with Crippen LogP contribution >= 0.6 is 11.6 Å². The van der Waals surface area contributed by atoms with Crippen molar-refractivity contribution in [2.24, 2.45) is 0 Å². The van der Waals surface area contributed by atoms with E-state index in [0.717, 1.165) is 0 Å². The fraction of sp³-hybridized carbons (Fsp3) is 0.250. The van der Waals surface area contributed by atoms with Gasteiger partial charge >= 0.3 is 0 Å². The maximum Gasteiger partial charge on any atom is 0.267 e. The summed E-state index contributed by atoms with van der Waals surface area (Å²) in [6.07, 6.45) is 1.71. The minimum Gasteiger partial charge on any atom is -0.335 e. The number of benzene rings is 1. The summed E-state index contributed by atoms with van der Waals surface area (Å²) in [5.41, 5.74) is 0.735. The first-order valence-electron chi connectivity index (χ1n) is 7.41. The van der Waals surface area contributed by atoms with Gasteiger partial charge in [0.05, 0.1) is 16.4 Å². The maximum absolute atomic E-state index is 12.7. The quantitative estimate of drug-likeness (QED) is 0.784. The van der Waals surface area contributed by atoms with Gasteiger partial charge in [-0.2, -0.15) is 0 Å². The molecular formula is C16H15ClN4O3. The van der Waals surface area contributed by atoms with E-state index in [-0.39, 0.29) is 22.6 Å². The van der Waals surface area contributed by atoms with Gasteiger partial charge in [-0.3, -0.25) is 14.2 Å². The van der Waals surface area contributed by atoms with Crippen LogP contribution in [0.25, 0.3) is 11.1 Å². The van der Waals surface area contributed by atoms with Gasteiger partial charge in [-0.25, -0.2) is 4.98 Å². The molecule has 24 heavy (non-hydrogen) atoms. The highest BCUT2D eigenvalue weighted by Crippen LogP contribution is 2.22. The van der Waals surface area contributed by atoms with Gasteiger partial charge in [0.2, 0.25) is 5.91 Å². The summed E-state index contributed by atoms with van der Waals surface area (Å²) in [5, 5.41) is 7.19. The number of aryl methyl sites for hydroxylation is 1. The first-order valence-corrected chi connectivity index (χ1v) is 7.79. The summed E-state index contributed by atoms with van der Waals surface area (Å²) in [4.78, 5) is 29.3. The van der Waals surface area contributed by atoms with Crippen molar-refractivity contribution in [1.82, 2.24) is 14.7 Å². The number of fused-ring (bicyclic) bond motifs is 1. The van der Waals surface area contributed by atoms with Crippen LogP contribution in [0.2, 0.25) is 5.02 Å². The van der Waals surface area contributed by atoms with Crippen LogP contribution in [0.4, 0.5) is 5.69 Å². The van der Waals surface area contributed by atoms with Crippen molar-refractivity contribution in [2.75, 3.05) is 5.32 Å². The zero-order valence-corrected chi connectivity index (χ0v) is 13.9. The fourth-order valence-corrected chi connectivity index (χ4v) is 2.68. The number of hydrogen-bond donors (Lipinski definition) is 1. The van der Waals surface area contributed by atoms with E-state index in [0.29, 0.717) is 22.8 Å². The molecule has 1 amide bonds. The average Bonchev–Trinajstić information content (AvgIpc) is 2.94. The first kappa shape index (κ1) is 16.2. The molecular weight excluding hydrogens is 332 g/mol. The summed E-state index contributed by atoms with van der Waals surface area (Å²) < 4.78 is 6.27. The van der Waals surface area contributed by atoms with Gasteiger partial charge in [0.15, 0.2) is 0 Å². The van der Waals surface area contributed by atoms with Crippen molar-refractivity contribution in [2.45, 2.75) is 26.3 Å². The molecule has 3 rings (SSSR count). The van der Waals surface area contributed by atoms with Gasteiger partial charge in [0.1, 0.15) is 17.8 Å². The molecule has 2 heterocycles. The van der Waals surface area contributed by atoms with E-state index < -0.39 is 6.04 Å². The van der Waals surface area contributed by atoms with Crippen molar-refractivity contribution >= 4 is 34.3 Å². The number of halogens is 1. The molecule has 1 atom stereocenters. The molecule has 0 saturated carbocycles. The second-order valence-electron chi connectivity index (χ2n) is 5.30. The van der Waals surface area contributed by atoms with Crippen LogP contribution in [0.5, 0.6) is 0 Å². The molecule has 1 unspecified atom stereocenters. The zero-order valence-electron chi connectivity index (χ0n) is 13.1. The number of hydrogen-bond acceptors (Lipinski definition) is 5. The van der Waals surface area contributed by atoms with E-state index in [1.165, 1.54) is 10.9 Å². The van der Waals surface area contributed by atoms with Gasteiger partial charge in [-0.05, 0) is 25.5 Å². The minimum atomic E-state index is -0.722. The predicted octanol–water partition coefficient (Wildman–Crippen LogP) is 2.94. The highest BCUT2D eigenvalue weighted by molar-refractivity contribution is 6.33. The zero-order chi connectivity index (χ0) is 17.3. The summed E-state index contributed by atoms with van der Waals surface area (Å²) in [5.74, 6) is -0.344. The molecule has 0 fully saturated rings. The first-order chi connectivity index (χ1) is 11.5. The number of rotatable bonds is 4. The Balaban J connectivity index is 1.98. The SMILES string of the molecule is CCC(C(=O)Nc1ccccc1Cl)n1cnc2onc(C)c2c1=O. The largest absolute Gasteiger partial charge is 0.335 e. The van der Waals surface area contributed by atoms with E-state index in [1.807, 2.05) is 6.92 Å². The number of nitrogens with zero attached hydrogens (tertiary/aromatic N) is 3. The second kappa shape index (κ2) is 6.45. The molecule has 7 nitrogen and oxygen atoms in total. The average molecular weight is 347 g/mol. The molecule has 0 aliphatic heterocycles. The number of aromatic nitrogens is 3. The van der Waals surface area contributed by atoms with Crippen LogP contribution in [-0.2, 0) is 4.79 Å². The maximum atomic E-state index is 12.7. The summed E-state index contributed by atoms with van der Waals surface area (Å²) in [6.45, 7) is 3.47. The number of carbonyl (C=O) groups excluding carboxylic acids is 1. The fourth-order valence-electron chi connectivity index (χ4n) is 2.50. The van der Waals surface area contributed by atoms with Crippen LogP contribution in [0.15, 0.2) is 39.9 Å². The smallest absolute Gasteiger partial charge is 0.267 e. The Bertz CT molecular complexity index is 963. The van der Waals surface area contributed by atoms with Crippen molar-refractivity contribution in [3.63, 3.8) is 0 Å². The predicted molar refractivity (Wildman–Crippen MR) is 90.2 cm³/mol. The number of para-hydroxylation sites is 1.